The van der Waals surface area contributed by atoms with E-state index in [9.17, 15) is 18.3 Å². The number of sulfone groups is 1. The highest BCUT2D eigenvalue weighted by Crippen LogP contribution is 2.64. The SMILES string of the molecule is COC[C@]1(C(=O)O)[C@H](c2ccc(Cl)cc2)[C@@H]1S(=O)(=O)c1ccc(Cl)cc1. The van der Waals surface area contributed by atoms with E-state index in [0.29, 0.717) is 15.6 Å². The Kier molecular flexibility index (Phi) is 5.05. The van der Waals surface area contributed by atoms with Crippen molar-refractivity contribution in [3.8, 4) is 0 Å². The Morgan fingerprint density at radius 2 is 1.58 bits per heavy atom. The number of halogens is 2. The van der Waals surface area contributed by atoms with Crippen LogP contribution in [0.25, 0.3) is 0 Å². The van der Waals surface area contributed by atoms with E-state index >= 15 is 0 Å². The third kappa shape index (κ3) is 3.01. The van der Waals surface area contributed by atoms with Crippen LogP contribution in [-0.2, 0) is 19.4 Å². The predicted molar refractivity (Wildman–Crippen MR) is 98.6 cm³/mol. The zero-order valence-corrected chi connectivity index (χ0v) is 16.1. The van der Waals surface area contributed by atoms with Gasteiger partial charge in [0.1, 0.15) is 5.41 Å². The van der Waals surface area contributed by atoms with Crippen molar-refractivity contribution in [3.05, 3.63) is 64.1 Å². The van der Waals surface area contributed by atoms with Crippen LogP contribution in [0.4, 0.5) is 0 Å². The molecule has 1 saturated carbocycles. The summed E-state index contributed by atoms with van der Waals surface area (Å²) >= 11 is 11.7. The van der Waals surface area contributed by atoms with Crippen molar-refractivity contribution in [3.63, 3.8) is 0 Å². The van der Waals surface area contributed by atoms with Crippen molar-refractivity contribution in [2.24, 2.45) is 5.41 Å². The van der Waals surface area contributed by atoms with E-state index in [2.05, 4.69) is 0 Å². The van der Waals surface area contributed by atoms with E-state index in [1.165, 1.54) is 31.4 Å². The fourth-order valence-corrected chi connectivity index (χ4v) is 6.11. The van der Waals surface area contributed by atoms with E-state index < -0.39 is 32.4 Å². The van der Waals surface area contributed by atoms with Gasteiger partial charge in [0, 0.05) is 23.1 Å². The van der Waals surface area contributed by atoms with Crippen LogP contribution in [0, 0.1) is 5.41 Å². The van der Waals surface area contributed by atoms with Gasteiger partial charge in [-0.05, 0) is 42.0 Å². The van der Waals surface area contributed by atoms with Crippen LogP contribution < -0.4 is 0 Å². The van der Waals surface area contributed by atoms with Crippen molar-refractivity contribution >= 4 is 39.0 Å². The average molecular weight is 415 g/mol. The lowest BCUT2D eigenvalue weighted by molar-refractivity contribution is -0.145. The Morgan fingerprint density at radius 1 is 1.08 bits per heavy atom. The van der Waals surface area contributed by atoms with Crippen molar-refractivity contribution in [1.82, 2.24) is 0 Å². The zero-order chi connectivity index (χ0) is 19.1. The summed E-state index contributed by atoms with van der Waals surface area (Å²) in [4.78, 5) is 12.1. The largest absolute Gasteiger partial charge is 0.481 e. The molecule has 0 amide bonds. The number of methoxy groups -OCH3 is 1. The van der Waals surface area contributed by atoms with Crippen molar-refractivity contribution in [1.29, 1.82) is 0 Å². The molecule has 0 spiro atoms. The molecular formula is C18H16Cl2O5S. The number of benzene rings is 2. The van der Waals surface area contributed by atoms with Crippen molar-refractivity contribution in [2.45, 2.75) is 16.1 Å². The summed E-state index contributed by atoms with van der Waals surface area (Å²) in [7, 11) is -2.56. The van der Waals surface area contributed by atoms with Gasteiger partial charge in [-0.1, -0.05) is 35.3 Å². The molecular weight excluding hydrogens is 399 g/mol. The molecule has 1 aliphatic rings. The van der Waals surface area contributed by atoms with Gasteiger partial charge in [0.15, 0.2) is 9.84 Å². The zero-order valence-electron chi connectivity index (χ0n) is 13.7. The van der Waals surface area contributed by atoms with Crippen LogP contribution in [0.5, 0.6) is 0 Å². The van der Waals surface area contributed by atoms with Crippen LogP contribution in [0.3, 0.4) is 0 Å². The molecule has 2 aromatic carbocycles. The number of hydrogen-bond acceptors (Lipinski definition) is 4. The van der Waals surface area contributed by atoms with Gasteiger partial charge in [-0.25, -0.2) is 8.42 Å². The van der Waals surface area contributed by atoms with Gasteiger partial charge in [-0.2, -0.15) is 0 Å². The number of hydrogen-bond donors (Lipinski definition) is 1. The first kappa shape index (κ1) is 19.2. The molecule has 0 saturated heterocycles. The van der Waals surface area contributed by atoms with Crippen LogP contribution in [0.1, 0.15) is 11.5 Å². The number of aliphatic carboxylic acids is 1. The molecule has 3 atom stereocenters. The van der Waals surface area contributed by atoms with Crippen LogP contribution in [-0.4, -0.2) is 38.5 Å². The summed E-state index contributed by atoms with van der Waals surface area (Å²) in [6.07, 6.45) is 0. The maximum Gasteiger partial charge on any atom is 0.314 e. The summed E-state index contributed by atoms with van der Waals surface area (Å²) in [5.41, 5.74) is -0.961. The first-order valence-corrected chi connectivity index (χ1v) is 10.0. The van der Waals surface area contributed by atoms with Gasteiger partial charge in [0.05, 0.1) is 16.8 Å². The second-order valence-corrected chi connectivity index (χ2v) is 9.17. The molecule has 1 aliphatic carbocycles. The van der Waals surface area contributed by atoms with Gasteiger partial charge < -0.3 is 9.84 Å². The molecule has 0 aliphatic heterocycles. The minimum Gasteiger partial charge on any atom is -0.481 e. The van der Waals surface area contributed by atoms with Gasteiger partial charge in [-0.3, -0.25) is 4.79 Å². The molecule has 1 N–H and O–H groups in total. The van der Waals surface area contributed by atoms with Gasteiger partial charge >= 0.3 is 5.97 Å². The lowest BCUT2D eigenvalue weighted by Crippen LogP contribution is -2.28. The lowest BCUT2D eigenvalue weighted by atomic mass is 10.0. The Hall–Kier alpha value is -1.60. The molecule has 26 heavy (non-hydrogen) atoms. The smallest absolute Gasteiger partial charge is 0.314 e. The number of rotatable bonds is 6. The number of ether oxygens (including phenoxy) is 1. The number of carbonyl (C=O) groups is 1. The summed E-state index contributed by atoms with van der Waals surface area (Å²) in [6, 6.07) is 12.2. The fourth-order valence-electron chi connectivity index (χ4n) is 3.50. The number of carboxylic acids is 1. The molecule has 0 radical (unpaired) electrons. The Bertz CT molecular complexity index is 925. The minimum atomic E-state index is -3.92. The summed E-state index contributed by atoms with van der Waals surface area (Å²) in [5.74, 6) is -1.94. The molecule has 0 heterocycles. The lowest BCUT2D eigenvalue weighted by Gasteiger charge is -2.12. The molecule has 2 aromatic rings. The van der Waals surface area contributed by atoms with Gasteiger partial charge in [-0.15, -0.1) is 0 Å². The monoisotopic (exact) mass is 414 g/mol. The normalized spacial score (nSPS) is 25.0. The highest BCUT2D eigenvalue weighted by molar-refractivity contribution is 7.92. The Balaban J connectivity index is 2.11. The second-order valence-electron chi connectivity index (χ2n) is 6.23. The van der Waals surface area contributed by atoms with Crippen molar-refractivity contribution < 1.29 is 23.1 Å². The molecule has 5 nitrogen and oxygen atoms in total. The Labute approximate surface area is 161 Å². The maximum atomic E-state index is 13.2. The summed E-state index contributed by atoms with van der Waals surface area (Å²) in [5, 5.41) is 9.59. The highest BCUT2D eigenvalue weighted by atomic mass is 35.5. The van der Waals surface area contributed by atoms with Gasteiger partial charge in [0.2, 0.25) is 0 Å². The summed E-state index contributed by atoms with van der Waals surface area (Å²) < 4.78 is 31.4. The first-order chi connectivity index (χ1) is 12.2. The van der Waals surface area contributed by atoms with E-state index in [1.54, 1.807) is 24.3 Å². The molecule has 1 fully saturated rings. The minimum absolute atomic E-state index is 0.0325. The van der Waals surface area contributed by atoms with E-state index in [4.69, 9.17) is 27.9 Å². The first-order valence-electron chi connectivity index (χ1n) is 7.72. The summed E-state index contributed by atoms with van der Waals surface area (Å²) in [6.45, 7) is -0.215. The number of carboxylic acid groups (broad SMARTS) is 1. The predicted octanol–water partition coefficient (Wildman–Crippen LogP) is 3.65. The Morgan fingerprint density at radius 3 is 2.04 bits per heavy atom. The third-order valence-corrected chi connectivity index (χ3v) is 7.54. The fraction of sp³-hybridized carbons (Fsp3) is 0.278. The molecule has 138 valence electrons. The van der Waals surface area contributed by atoms with Gasteiger partial charge in [0.25, 0.3) is 0 Å². The molecule has 0 bridgehead atoms. The standard InChI is InChI=1S/C18H16Cl2O5S/c1-25-10-18(17(21)22)15(11-2-4-12(19)5-3-11)16(18)26(23,24)14-8-6-13(20)7-9-14/h2-9,15-16H,10H2,1H3,(H,21,22)/t15-,16+,18+/m1/s1. The molecule has 0 aromatic heterocycles. The third-order valence-electron chi connectivity index (χ3n) is 4.74. The topological polar surface area (TPSA) is 80.7 Å². The van der Waals surface area contributed by atoms with E-state index in [-0.39, 0.29) is 11.5 Å². The van der Waals surface area contributed by atoms with Crippen LogP contribution in [0.2, 0.25) is 10.0 Å². The highest BCUT2D eigenvalue weighted by Gasteiger charge is 2.76. The maximum absolute atomic E-state index is 13.2. The van der Waals surface area contributed by atoms with Crippen molar-refractivity contribution in [2.75, 3.05) is 13.7 Å². The average Bonchev–Trinajstić information content (AvgIpc) is 3.27. The van der Waals surface area contributed by atoms with E-state index in [0.717, 1.165) is 0 Å². The molecule has 0 unspecified atom stereocenters. The molecule has 3 rings (SSSR count). The van der Waals surface area contributed by atoms with Crippen LogP contribution in [0.15, 0.2) is 53.4 Å². The second kappa shape index (κ2) is 6.85. The van der Waals surface area contributed by atoms with Crippen LogP contribution >= 0.6 is 23.2 Å². The quantitative estimate of drug-likeness (QED) is 0.779. The molecule has 8 heteroatoms. The van der Waals surface area contributed by atoms with E-state index in [1.807, 2.05) is 0 Å².